The molecule has 1 aliphatic rings. The number of aromatic nitrogens is 2. The Morgan fingerprint density at radius 1 is 1.14 bits per heavy atom. The van der Waals surface area contributed by atoms with E-state index >= 15 is 0 Å². The summed E-state index contributed by atoms with van der Waals surface area (Å²) < 4.78 is 1.55. The molecule has 0 spiro atoms. The molecule has 2 aromatic carbocycles. The van der Waals surface area contributed by atoms with Crippen molar-refractivity contribution in [1.29, 1.82) is 0 Å². The van der Waals surface area contributed by atoms with E-state index in [0.29, 0.717) is 24.3 Å². The highest BCUT2D eigenvalue weighted by Crippen LogP contribution is 2.30. The van der Waals surface area contributed by atoms with Crippen molar-refractivity contribution in [3.63, 3.8) is 0 Å². The van der Waals surface area contributed by atoms with Gasteiger partial charge in [0.15, 0.2) is 0 Å². The lowest BCUT2D eigenvalue weighted by Gasteiger charge is -2.18. The molecule has 2 amide bonds. The Labute approximate surface area is 163 Å². The Balaban J connectivity index is 1.47. The van der Waals surface area contributed by atoms with Gasteiger partial charge >= 0.3 is 0 Å². The first-order valence-electron chi connectivity index (χ1n) is 9.29. The molecule has 142 valence electrons. The van der Waals surface area contributed by atoms with Gasteiger partial charge in [-0.05, 0) is 48.7 Å². The fourth-order valence-electron chi connectivity index (χ4n) is 3.58. The Morgan fingerprint density at radius 2 is 2.00 bits per heavy atom. The highest BCUT2D eigenvalue weighted by molar-refractivity contribution is 6.07. The van der Waals surface area contributed by atoms with Gasteiger partial charge in [-0.1, -0.05) is 29.8 Å². The molecule has 0 aliphatic carbocycles. The number of hydrogen-bond acceptors (Lipinski definition) is 3. The van der Waals surface area contributed by atoms with E-state index in [1.54, 1.807) is 24.0 Å². The van der Waals surface area contributed by atoms with E-state index in [-0.39, 0.29) is 11.8 Å². The van der Waals surface area contributed by atoms with Gasteiger partial charge in [-0.15, -0.1) is 0 Å². The van der Waals surface area contributed by atoms with Gasteiger partial charge in [0.1, 0.15) is 5.69 Å². The molecule has 0 saturated carbocycles. The zero-order valence-electron chi connectivity index (χ0n) is 16.0. The maximum absolute atomic E-state index is 12.9. The summed E-state index contributed by atoms with van der Waals surface area (Å²) in [5.41, 5.74) is 5.40. The molecule has 1 aliphatic heterocycles. The predicted octanol–water partition coefficient (Wildman–Crippen LogP) is 2.86. The van der Waals surface area contributed by atoms with E-state index in [1.807, 2.05) is 48.2 Å². The SMILES string of the molecule is Cc1cccc(C(=O)N2CCc3cc(CNC(=O)c4ccnn4C)ccc32)c1. The van der Waals surface area contributed by atoms with Crippen molar-refractivity contribution in [2.75, 3.05) is 11.4 Å². The van der Waals surface area contributed by atoms with Crippen LogP contribution in [-0.2, 0) is 20.0 Å². The Morgan fingerprint density at radius 3 is 2.75 bits per heavy atom. The minimum absolute atomic E-state index is 0.0275. The van der Waals surface area contributed by atoms with Crippen LogP contribution in [0.5, 0.6) is 0 Å². The number of amides is 2. The molecule has 0 radical (unpaired) electrons. The second-order valence-corrected chi connectivity index (χ2v) is 7.06. The molecule has 3 aromatic rings. The zero-order valence-corrected chi connectivity index (χ0v) is 16.0. The highest BCUT2D eigenvalue weighted by atomic mass is 16.2. The predicted molar refractivity (Wildman–Crippen MR) is 107 cm³/mol. The van der Waals surface area contributed by atoms with Crippen LogP contribution in [0, 0.1) is 6.92 Å². The minimum atomic E-state index is -0.156. The molecule has 0 atom stereocenters. The molecule has 0 fully saturated rings. The lowest BCUT2D eigenvalue weighted by atomic mass is 10.1. The maximum atomic E-state index is 12.9. The van der Waals surface area contributed by atoms with Crippen LogP contribution >= 0.6 is 0 Å². The van der Waals surface area contributed by atoms with E-state index < -0.39 is 0 Å². The molecule has 1 aromatic heterocycles. The van der Waals surface area contributed by atoms with Gasteiger partial charge in [-0.25, -0.2) is 0 Å². The van der Waals surface area contributed by atoms with Crippen LogP contribution < -0.4 is 10.2 Å². The number of aryl methyl sites for hydroxylation is 2. The summed E-state index contributed by atoms with van der Waals surface area (Å²) in [4.78, 5) is 27.0. The number of nitrogens with zero attached hydrogens (tertiary/aromatic N) is 3. The Hall–Kier alpha value is -3.41. The summed E-state index contributed by atoms with van der Waals surface area (Å²) in [5, 5.41) is 6.93. The number of rotatable bonds is 4. The first kappa shape index (κ1) is 18.0. The average Bonchev–Trinajstić information content (AvgIpc) is 3.31. The normalized spacial score (nSPS) is 12.7. The molecule has 0 unspecified atom stereocenters. The van der Waals surface area contributed by atoms with Crippen molar-refractivity contribution in [1.82, 2.24) is 15.1 Å². The van der Waals surface area contributed by atoms with Crippen molar-refractivity contribution < 1.29 is 9.59 Å². The lowest BCUT2D eigenvalue weighted by molar-refractivity contribution is 0.0940. The summed E-state index contributed by atoms with van der Waals surface area (Å²) in [6.45, 7) is 3.09. The average molecular weight is 374 g/mol. The summed E-state index contributed by atoms with van der Waals surface area (Å²) in [5.74, 6) is -0.128. The molecule has 6 nitrogen and oxygen atoms in total. The number of nitrogens with one attached hydrogen (secondary N) is 1. The number of benzene rings is 2. The van der Waals surface area contributed by atoms with Gasteiger partial charge in [0.05, 0.1) is 0 Å². The van der Waals surface area contributed by atoms with Gasteiger partial charge < -0.3 is 10.2 Å². The number of carbonyl (C=O) groups is 2. The first-order chi connectivity index (χ1) is 13.5. The van der Waals surface area contributed by atoms with Crippen LogP contribution in [0.1, 0.15) is 37.5 Å². The van der Waals surface area contributed by atoms with Crippen molar-refractivity contribution in [2.45, 2.75) is 19.9 Å². The van der Waals surface area contributed by atoms with Gasteiger partial charge in [0.25, 0.3) is 11.8 Å². The van der Waals surface area contributed by atoms with Crippen molar-refractivity contribution >= 4 is 17.5 Å². The smallest absolute Gasteiger partial charge is 0.269 e. The van der Waals surface area contributed by atoms with Crippen molar-refractivity contribution in [3.8, 4) is 0 Å². The van der Waals surface area contributed by atoms with Crippen LogP contribution in [-0.4, -0.2) is 28.1 Å². The largest absolute Gasteiger partial charge is 0.347 e. The third-order valence-electron chi connectivity index (χ3n) is 5.06. The maximum Gasteiger partial charge on any atom is 0.269 e. The van der Waals surface area contributed by atoms with E-state index in [2.05, 4.69) is 16.5 Å². The molecule has 0 saturated heterocycles. The van der Waals surface area contributed by atoms with Crippen molar-refractivity contribution in [3.05, 3.63) is 82.7 Å². The number of carbonyl (C=O) groups excluding carboxylic acids is 2. The third-order valence-corrected chi connectivity index (χ3v) is 5.06. The molecule has 0 bridgehead atoms. The fraction of sp³-hybridized carbons (Fsp3) is 0.227. The van der Waals surface area contributed by atoms with Crippen LogP contribution in [0.15, 0.2) is 54.7 Å². The Kier molecular flexibility index (Phi) is 4.69. The zero-order chi connectivity index (χ0) is 19.7. The molecule has 2 heterocycles. The summed E-state index contributed by atoms with van der Waals surface area (Å²) in [6.07, 6.45) is 2.42. The van der Waals surface area contributed by atoms with Crippen LogP contribution in [0.25, 0.3) is 0 Å². The fourth-order valence-corrected chi connectivity index (χ4v) is 3.58. The molecular weight excluding hydrogens is 352 g/mol. The van der Waals surface area contributed by atoms with Crippen LogP contribution in [0.4, 0.5) is 5.69 Å². The van der Waals surface area contributed by atoms with Gasteiger partial charge in [-0.3, -0.25) is 14.3 Å². The highest BCUT2D eigenvalue weighted by Gasteiger charge is 2.25. The van der Waals surface area contributed by atoms with Gasteiger partial charge in [-0.2, -0.15) is 5.10 Å². The van der Waals surface area contributed by atoms with Crippen LogP contribution in [0.3, 0.4) is 0 Å². The number of hydrogen-bond donors (Lipinski definition) is 1. The number of fused-ring (bicyclic) bond motifs is 1. The van der Waals surface area contributed by atoms with E-state index in [1.165, 1.54) is 0 Å². The summed E-state index contributed by atoms with van der Waals surface area (Å²) in [6, 6.07) is 15.4. The monoisotopic (exact) mass is 374 g/mol. The minimum Gasteiger partial charge on any atom is -0.347 e. The molecule has 6 heteroatoms. The third kappa shape index (κ3) is 3.41. The molecular formula is C22H22N4O2. The summed E-state index contributed by atoms with van der Waals surface area (Å²) >= 11 is 0. The lowest BCUT2D eigenvalue weighted by Crippen LogP contribution is -2.28. The van der Waals surface area contributed by atoms with E-state index in [9.17, 15) is 9.59 Å². The second-order valence-electron chi connectivity index (χ2n) is 7.06. The molecule has 1 N–H and O–H groups in total. The van der Waals surface area contributed by atoms with Crippen molar-refractivity contribution in [2.24, 2.45) is 7.05 Å². The molecule has 4 rings (SSSR count). The van der Waals surface area contributed by atoms with Gasteiger partial charge in [0, 0.05) is 37.6 Å². The van der Waals surface area contributed by atoms with E-state index in [0.717, 1.165) is 28.8 Å². The second kappa shape index (κ2) is 7.31. The quantitative estimate of drug-likeness (QED) is 0.764. The summed E-state index contributed by atoms with van der Waals surface area (Å²) in [7, 11) is 1.74. The Bertz CT molecular complexity index is 1050. The number of anilines is 1. The standard InChI is InChI=1S/C22H22N4O2/c1-15-4-3-5-18(12-15)22(28)26-11-9-17-13-16(6-7-19(17)26)14-23-21(27)20-8-10-24-25(20)2/h3-8,10,12-13H,9,11,14H2,1-2H3,(H,23,27). The topological polar surface area (TPSA) is 67.2 Å². The van der Waals surface area contributed by atoms with Crippen LogP contribution in [0.2, 0.25) is 0 Å². The molecule has 28 heavy (non-hydrogen) atoms. The van der Waals surface area contributed by atoms with E-state index in [4.69, 9.17) is 0 Å². The first-order valence-corrected chi connectivity index (χ1v) is 9.29. The van der Waals surface area contributed by atoms with Gasteiger partial charge in [0.2, 0.25) is 0 Å².